The molecule has 1 amide bonds. The SMILES string of the molecule is CC1C(=O)Nc2cc(C3CC3)nc(Cl)c2-c2cccnc21. The number of pyridine rings is 2. The molecule has 1 N–H and O–H groups in total. The van der Waals surface area contributed by atoms with Crippen molar-refractivity contribution in [2.75, 3.05) is 5.32 Å². The number of carbonyl (C=O) groups is 1. The molecule has 2 aromatic rings. The predicted molar refractivity (Wildman–Crippen MR) is 81.5 cm³/mol. The second-order valence-electron chi connectivity index (χ2n) is 5.68. The van der Waals surface area contributed by atoms with Crippen LogP contribution in [0.3, 0.4) is 0 Å². The van der Waals surface area contributed by atoms with Crippen LogP contribution in [0.5, 0.6) is 0 Å². The standard InChI is InChI=1S/C16H14ClN3O/c1-8-14-10(3-2-6-18-14)13-12(20-16(8)21)7-11(9-4-5-9)19-15(13)17/h2-3,6-9H,4-5H2,1H3,(H,20,21). The van der Waals surface area contributed by atoms with Crippen LogP contribution in [0.15, 0.2) is 24.4 Å². The zero-order valence-electron chi connectivity index (χ0n) is 11.6. The van der Waals surface area contributed by atoms with Crippen molar-refractivity contribution in [3.8, 4) is 11.1 Å². The molecule has 1 saturated carbocycles. The highest BCUT2D eigenvalue weighted by Crippen LogP contribution is 2.45. The number of fused-ring (bicyclic) bond motifs is 3. The van der Waals surface area contributed by atoms with Gasteiger partial charge in [-0.3, -0.25) is 9.78 Å². The number of hydrogen-bond donors (Lipinski definition) is 1. The summed E-state index contributed by atoms with van der Waals surface area (Å²) in [6.45, 7) is 1.86. The Labute approximate surface area is 127 Å². The molecule has 2 aliphatic rings. The Morgan fingerprint density at radius 2 is 2.19 bits per heavy atom. The minimum Gasteiger partial charge on any atom is -0.325 e. The number of nitrogens with zero attached hydrogens (tertiary/aromatic N) is 2. The molecule has 0 radical (unpaired) electrons. The van der Waals surface area contributed by atoms with Crippen LogP contribution in [-0.2, 0) is 4.79 Å². The predicted octanol–water partition coefficient (Wildman–Crippen LogP) is 3.73. The molecule has 0 bridgehead atoms. The summed E-state index contributed by atoms with van der Waals surface area (Å²) >= 11 is 6.42. The molecule has 1 aliphatic carbocycles. The van der Waals surface area contributed by atoms with Crippen LogP contribution in [0, 0.1) is 0 Å². The molecule has 2 aromatic heterocycles. The number of anilines is 1. The van der Waals surface area contributed by atoms with Crippen LogP contribution in [-0.4, -0.2) is 15.9 Å². The lowest BCUT2D eigenvalue weighted by molar-refractivity contribution is -0.117. The van der Waals surface area contributed by atoms with Gasteiger partial charge in [0, 0.05) is 28.9 Å². The summed E-state index contributed by atoms with van der Waals surface area (Å²) in [7, 11) is 0. The van der Waals surface area contributed by atoms with E-state index in [9.17, 15) is 4.79 Å². The van der Waals surface area contributed by atoms with Crippen molar-refractivity contribution in [3.05, 3.63) is 40.9 Å². The third kappa shape index (κ3) is 2.02. The highest BCUT2D eigenvalue weighted by Gasteiger charge is 2.31. The number of rotatable bonds is 1. The Kier molecular flexibility index (Phi) is 2.76. The normalized spacial score (nSPS) is 20.3. The number of halogens is 1. The van der Waals surface area contributed by atoms with E-state index in [1.165, 1.54) is 0 Å². The number of carbonyl (C=O) groups excluding carboxylic acids is 1. The van der Waals surface area contributed by atoms with Gasteiger partial charge in [0.2, 0.25) is 5.91 Å². The molecular formula is C16H14ClN3O. The molecule has 3 heterocycles. The molecule has 106 valence electrons. The van der Waals surface area contributed by atoms with Gasteiger partial charge < -0.3 is 5.32 Å². The minimum atomic E-state index is -0.311. The van der Waals surface area contributed by atoms with E-state index in [0.717, 1.165) is 41.0 Å². The van der Waals surface area contributed by atoms with E-state index in [4.69, 9.17) is 11.6 Å². The molecule has 1 atom stereocenters. The highest BCUT2D eigenvalue weighted by molar-refractivity contribution is 6.33. The van der Waals surface area contributed by atoms with Crippen molar-refractivity contribution < 1.29 is 4.79 Å². The van der Waals surface area contributed by atoms with E-state index in [-0.39, 0.29) is 11.8 Å². The van der Waals surface area contributed by atoms with Gasteiger partial charge in [-0.1, -0.05) is 17.7 Å². The van der Waals surface area contributed by atoms with Crippen molar-refractivity contribution >= 4 is 23.2 Å². The molecule has 4 nitrogen and oxygen atoms in total. The Hall–Kier alpha value is -1.94. The third-order valence-electron chi connectivity index (χ3n) is 4.16. The van der Waals surface area contributed by atoms with Gasteiger partial charge in [-0.2, -0.15) is 0 Å². The molecule has 0 spiro atoms. The van der Waals surface area contributed by atoms with Crippen molar-refractivity contribution in [1.82, 2.24) is 9.97 Å². The molecule has 1 aliphatic heterocycles. The fourth-order valence-electron chi connectivity index (χ4n) is 2.81. The molecule has 5 heteroatoms. The molecule has 0 aromatic carbocycles. The van der Waals surface area contributed by atoms with Gasteiger partial charge in [0.1, 0.15) is 5.15 Å². The fourth-order valence-corrected chi connectivity index (χ4v) is 3.12. The van der Waals surface area contributed by atoms with Crippen LogP contribution >= 0.6 is 11.6 Å². The smallest absolute Gasteiger partial charge is 0.233 e. The van der Waals surface area contributed by atoms with Gasteiger partial charge in [-0.25, -0.2) is 4.98 Å². The van der Waals surface area contributed by atoms with Crippen LogP contribution in [0.4, 0.5) is 5.69 Å². The van der Waals surface area contributed by atoms with E-state index in [2.05, 4.69) is 15.3 Å². The largest absolute Gasteiger partial charge is 0.325 e. The lowest BCUT2D eigenvalue weighted by Crippen LogP contribution is -2.18. The number of amides is 1. The van der Waals surface area contributed by atoms with Crippen LogP contribution in [0.25, 0.3) is 11.1 Å². The first-order valence-electron chi connectivity index (χ1n) is 7.11. The Bertz CT molecular complexity index is 755. The minimum absolute atomic E-state index is 0.0577. The molecule has 4 rings (SSSR count). The average molecular weight is 300 g/mol. The van der Waals surface area contributed by atoms with Crippen molar-refractivity contribution in [2.45, 2.75) is 31.6 Å². The Morgan fingerprint density at radius 1 is 1.38 bits per heavy atom. The van der Waals surface area contributed by atoms with Gasteiger partial charge in [-0.05, 0) is 31.9 Å². The van der Waals surface area contributed by atoms with Gasteiger partial charge >= 0.3 is 0 Å². The van der Waals surface area contributed by atoms with Crippen LogP contribution in [0.2, 0.25) is 5.15 Å². The number of aromatic nitrogens is 2. The second kappa shape index (κ2) is 4.53. The van der Waals surface area contributed by atoms with E-state index in [1.54, 1.807) is 6.20 Å². The number of hydrogen-bond acceptors (Lipinski definition) is 3. The van der Waals surface area contributed by atoms with Gasteiger partial charge in [-0.15, -0.1) is 0 Å². The van der Waals surface area contributed by atoms with E-state index in [1.807, 2.05) is 25.1 Å². The maximum absolute atomic E-state index is 12.3. The maximum Gasteiger partial charge on any atom is 0.233 e. The summed E-state index contributed by atoms with van der Waals surface area (Å²) in [5, 5.41) is 3.42. The Morgan fingerprint density at radius 3 is 2.95 bits per heavy atom. The summed E-state index contributed by atoms with van der Waals surface area (Å²) in [5.41, 5.74) is 4.14. The van der Waals surface area contributed by atoms with E-state index >= 15 is 0 Å². The van der Waals surface area contributed by atoms with Crippen LogP contribution < -0.4 is 5.32 Å². The van der Waals surface area contributed by atoms with E-state index in [0.29, 0.717) is 11.1 Å². The molecular weight excluding hydrogens is 286 g/mol. The van der Waals surface area contributed by atoms with E-state index < -0.39 is 0 Å². The summed E-state index contributed by atoms with van der Waals surface area (Å²) in [6, 6.07) is 5.77. The van der Waals surface area contributed by atoms with Gasteiger partial charge in [0.15, 0.2) is 0 Å². The van der Waals surface area contributed by atoms with Crippen LogP contribution in [0.1, 0.15) is 43.0 Å². The lowest BCUT2D eigenvalue weighted by atomic mass is 9.98. The Balaban J connectivity index is 1.99. The van der Waals surface area contributed by atoms with Crippen molar-refractivity contribution in [1.29, 1.82) is 0 Å². The van der Waals surface area contributed by atoms with Crippen molar-refractivity contribution in [3.63, 3.8) is 0 Å². The summed E-state index contributed by atoms with van der Waals surface area (Å²) in [6.07, 6.45) is 3.99. The molecule has 1 fully saturated rings. The zero-order valence-corrected chi connectivity index (χ0v) is 12.3. The first-order valence-corrected chi connectivity index (χ1v) is 7.49. The lowest BCUT2D eigenvalue weighted by Gasteiger charge is -2.12. The summed E-state index contributed by atoms with van der Waals surface area (Å²) < 4.78 is 0. The maximum atomic E-state index is 12.3. The quantitative estimate of drug-likeness (QED) is 0.816. The monoisotopic (exact) mass is 299 g/mol. The molecule has 21 heavy (non-hydrogen) atoms. The second-order valence-corrected chi connectivity index (χ2v) is 6.04. The molecule has 1 unspecified atom stereocenters. The summed E-state index contributed by atoms with van der Waals surface area (Å²) in [5.74, 6) is 0.116. The third-order valence-corrected chi connectivity index (χ3v) is 4.43. The fraction of sp³-hybridized carbons (Fsp3) is 0.312. The number of nitrogens with one attached hydrogen (secondary N) is 1. The first kappa shape index (κ1) is 12.8. The highest BCUT2D eigenvalue weighted by atomic mass is 35.5. The first-order chi connectivity index (χ1) is 10.1. The average Bonchev–Trinajstić information content (AvgIpc) is 3.30. The zero-order chi connectivity index (χ0) is 14.6. The molecule has 0 saturated heterocycles. The summed E-state index contributed by atoms with van der Waals surface area (Å²) in [4.78, 5) is 21.2. The van der Waals surface area contributed by atoms with Gasteiger partial charge in [0.25, 0.3) is 0 Å². The van der Waals surface area contributed by atoms with Crippen molar-refractivity contribution in [2.24, 2.45) is 0 Å². The topological polar surface area (TPSA) is 54.9 Å². The van der Waals surface area contributed by atoms with Gasteiger partial charge in [0.05, 0.1) is 17.3 Å².